The third-order valence-corrected chi connectivity index (χ3v) is 21.2. The Hall–Kier alpha value is -7.04. The normalized spacial score (nSPS) is 25.4. The van der Waals surface area contributed by atoms with Crippen LogP contribution in [0, 0.1) is 23.7 Å². The van der Waals surface area contributed by atoms with Crippen LogP contribution in [0.1, 0.15) is 71.3 Å². The Morgan fingerprint density at radius 1 is 0.519 bits per heavy atom. The molecule has 14 heteroatoms. The average molecular weight is 1090 g/mol. The molecule has 0 spiro atoms. The first-order chi connectivity index (χ1) is 38.2. The SMILES string of the molecule is C=CC1C[N+]2(Cc3ccc(S(=O)(=O)Nc4ccc(Cc5ccc(NS(=O)(=O)c6ccc(C[N+]78CCC(CC7[C@H](O)c7ccnc9ccccc79)C(C=C)C8)cc6)cc5)cc4)cc3)CCC1CC2[C@H](O)c1ccnc2ccccc12. The van der Waals surface area contributed by atoms with Crippen molar-refractivity contribution >= 4 is 53.2 Å². The second kappa shape index (κ2) is 21.2. The monoisotopic (exact) mass is 1090 g/mol. The van der Waals surface area contributed by atoms with Gasteiger partial charge in [-0.2, -0.15) is 0 Å². The molecule has 6 fully saturated rings. The van der Waals surface area contributed by atoms with Crippen LogP contribution in [0.3, 0.4) is 0 Å². The Kier molecular flexibility index (Phi) is 14.1. The van der Waals surface area contributed by atoms with E-state index in [-0.39, 0.29) is 21.9 Å². The molecule has 8 unspecified atom stereocenters. The molecule has 4 bridgehead atoms. The lowest BCUT2D eigenvalue weighted by Gasteiger charge is -2.58. The molecule has 14 rings (SSSR count). The lowest BCUT2D eigenvalue weighted by atomic mass is 9.71. The summed E-state index contributed by atoms with van der Waals surface area (Å²) in [5, 5.41) is 26.2. The number of para-hydroxylation sites is 2. The highest BCUT2D eigenvalue weighted by molar-refractivity contribution is 7.93. The topological polar surface area (TPSA) is 159 Å². The summed E-state index contributed by atoms with van der Waals surface area (Å²) in [6.45, 7) is 13.3. The van der Waals surface area contributed by atoms with E-state index in [1.165, 1.54) is 0 Å². The Morgan fingerprint density at radius 3 is 1.29 bits per heavy atom. The molecule has 8 aromatic rings. The number of hydrogen-bond acceptors (Lipinski definition) is 8. The van der Waals surface area contributed by atoms with E-state index in [1.54, 1.807) is 60.9 Å². The number of sulfonamides is 2. The van der Waals surface area contributed by atoms with Crippen molar-refractivity contribution in [2.75, 3.05) is 35.6 Å². The quantitative estimate of drug-likeness (QED) is 0.0488. The minimum Gasteiger partial charge on any atom is -0.382 e. The van der Waals surface area contributed by atoms with Crippen molar-refractivity contribution in [1.82, 2.24) is 9.97 Å². The summed E-state index contributed by atoms with van der Waals surface area (Å²) in [6, 6.07) is 48.6. The molecule has 6 aliphatic rings. The largest absolute Gasteiger partial charge is 0.382 e. The molecule has 6 aliphatic heterocycles. The first-order valence-corrected chi connectivity index (χ1v) is 30.6. The number of fused-ring (bicyclic) bond motifs is 8. The zero-order valence-electron chi connectivity index (χ0n) is 44.3. The predicted octanol–water partition coefficient (Wildman–Crippen LogP) is 11.3. The number of hydrogen-bond donors (Lipinski definition) is 4. The van der Waals surface area contributed by atoms with Gasteiger partial charge in [0, 0.05) is 83.2 Å². The molecule has 0 aliphatic carbocycles. The van der Waals surface area contributed by atoms with Crippen LogP contribution in [0.4, 0.5) is 11.4 Å². The maximum Gasteiger partial charge on any atom is 0.261 e. The smallest absolute Gasteiger partial charge is 0.261 e. The van der Waals surface area contributed by atoms with Crippen LogP contribution >= 0.6 is 0 Å². The number of anilines is 2. The number of aliphatic hydroxyl groups is 2. The van der Waals surface area contributed by atoms with Gasteiger partial charge in [-0.15, -0.1) is 13.2 Å². The van der Waals surface area contributed by atoms with Gasteiger partial charge < -0.3 is 19.2 Å². The summed E-state index contributed by atoms with van der Waals surface area (Å²) in [7, 11) is -7.80. The fraction of sp³-hybridized carbons (Fsp3) is 0.292. The average Bonchev–Trinajstić information content (AvgIpc) is 3.67. The van der Waals surface area contributed by atoms with Crippen LogP contribution in [0.2, 0.25) is 0 Å². The van der Waals surface area contributed by atoms with Gasteiger partial charge in [0.05, 0.1) is 47.0 Å². The van der Waals surface area contributed by atoms with E-state index in [2.05, 4.69) is 44.7 Å². The van der Waals surface area contributed by atoms with Gasteiger partial charge in [-0.05, 0) is 113 Å². The molecule has 79 heavy (non-hydrogen) atoms. The van der Waals surface area contributed by atoms with E-state index < -0.39 is 32.3 Å². The number of nitrogens with zero attached hydrogens (tertiary/aromatic N) is 4. The van der Waals surface area contributed by atoms with Gasteiger partial charge in [-0.3, -0.25) is 19.4 Å². The highest BCUT2D eigenvalue weighted by Gasteiger charge is 2.55. The first-order valence-electron chi connectivity index (χ1n) is 27.6. The third-order valence-electron chi connectivity index (χ3n) is 18.4. The van der Waals surface area contributed by atoms with Crippen LogP contribution in [0.25, 0.3) is 21.8 Å². The summed E-state index contributed by atoms with van der Waals surface area (Å²) in [5.74, 6) is 1.64. The minimum atomic E-state index is -3.90. The van der Waals surface area contributed by atoms with Crippen molar-refractivity contribution in [3.05, 3.63) is 229 Å². The summed E-state index contributed by atoms with van der Waals surface area (Å²) in [4.78, 5) is 9.41. The van der Waals surface area contributed by atoms with Gasteiger partial charge in [-0.25, -0.2) is 16.8 Å². The number of aliphatic hydroxyl groups excluding tert-OH is 2. The van der Waals surface area contributed by atoms with Crippen LogP contribution in [-0.4, -0.2) is 84.2 Å². The second-order valence-corrected chi connectivity index (χ2v) is 26.2. The van der Waals surface area contributed by atoms with Crippen molar-refractivity contribution in [3.8, 4) is 0 Å². The Morgan fingerprint density at radius 2 is 0.899 bits per heavy atom. The summed E-state index contributed by atoms with van der Waals surface area (Å²) in [5.41, 5.74) is 8.35. The fourth-order valence-electron chi connectivity index (χ4n) is 14.2. The predicted molar refractivity (Wildman–Crippen MR) is 311 cm³/mol. The van der Waals surface area contributed by atoms with Crippen LogP contribution in [0.5, 0.6) is 0 Å². The van der Waals surface area contributed by atoms with Gasteiger partial charge in [-0.1, -0.05) is 97.1 Å². The number of quaternary nitrogens is 2. The van der Waals surface area contributed by atoms with Gasteiger partial charge in [0.2, 0.25) is 0 Å². The molecule has 8 heterocycles. The number of piperidine rings is 6. The number of nitrogens with one attached hydrogen (secondary N) is 2. The van der Waals surface area contributed by atoms with Crippen molar-refractivity contribution in [2.24, 2.45) is 23.7 Å². The molecule has 404 valence electrons. The van der Waals surface area contributed by atoms with Crippen molar-refractivity contribution in [3.63, 3.8) is 0 Å². The fourth-order valence-corrected chi connectivity index (χ4v) is 16.4. The van der Waals surface area contributed by atoms with E-state index in [1.807, 2.05) is 109 Å². The summed E-state index contributed by atoms with van der Waals surface area (Å²) >= 11 is 0. The highest BCUT2D eigenvalue weighted by Crippen LogP contribution is 2.50. The second-order valence-electron chi connectivity index (χ2n) is 22.9. The molecule has 6 saturated heterocycles. The number of aromatic nitrogens is 2. The third kappa shape index (κ3) is 10.3. The summed E-state index contributed by atoms with van der Waals surface area (Å²) in [6.07, 6.45) is 10.8. The van der Waals surface area contributed by atoms with Gasteiger partial charge in [0.1, 0.15) is 37.4 Å². The molecule has 0 amide bonds. The first kappa shape index (κ1) is 52.6. The minimum absolute atomic E-state index is 0.0261. The molecule has 0 saturated carbocycles. The molecular weight excluding hydrogens is 1020 g/mol. The van der Waals surface area contributed by atoms with Crippen molar-refractivity contribution in [2.45, 2.75) is 79.3 Å². The standard InChI is InChI=1S/C65H68N6O6S2/c1-3-48-42-70(35-31-50(48)38-62(70)64(72)58-29-33-66-60-11-7-5-9-56(58)60)40-46-17-25-54(26-18-46)78(74,75)68-52-21-13-44(14-22-52)37-45-15-23-53(24-16-45)69-79(76,77)55-27-19-47(20-28-55)41-71-36-32-51(49(4-2)43-71)39-63(71)65(73)59-30-34-67-61-12-8-6-10-57(59)61/h3-30,33-34,48-51,62-65,68-69,72-73H,1-2,31-32,35-43H2/q+2/t48?,49?,50?,51?,62?,63?,64-,65-,70?,71?/m1/s1. The molecule has 2 aromatic heterocycles. The van der Waals surface area contributed by atoms with Gasteiger partial charge >= 0.3 is 0 Å². The Labute approximate surface area is 464 Å². The molecule has 0 radical (unpaired) electrons. The Balaban J connectivity index is 0.664. The Bertz CT molecular complexity index is 3530. The van der Waals surface area contributed by atoms with E-state index in [0.29, 0.717) is 63.5 Å². The zero-order chi connectivity index (χ0) is 54.5. The highest BCUT2D eigenvalue weighted by atomic mass is 32.2. The van der Waals surface area contributed by atoms with Gasteiger partial charge in [0.15, 0.2) is 0 Å². The zero-order valence-corrected chi connectivity index (χ0v) is 45.9. The molecule has 4 N–H and O–H groups in total. The number of pyridine rings is 2. The van der Waals surface area contributed by atoms with E-state index >= 15 is 0 Å². The maximum absolute atomic E-state index is 13.7. The van der Waals surface area contributed by atoms with Crippen molar-refractivity contribution in [1.29, 1.82) is 0 Å². The number of rotatable bonds is 18. The van der Waals surface area contributed by atoms with Gasteiger partial charge in [0.25, 0.3) is 20.0 Å². The molecular formula is C65H68N6O6S2+2. The number of benzene rings is 6. The lowest BCUT2D eigenvalue weighted by Crippen LogP contribution is -2.67. The molecule has 6 aromatic carbocycles. The van der Waals surface area contributed by atoms with E-state index in [4.69, 9.17) is 0 Å². The van der Waals surface area contributed by atoms with Crippen LogP contribution in [-0.2, 0) is 39.6 Å². The molecule has 12 nitrogen and oxygen atoms in total. The lowest BCUT2D eigenvalue weighted by molar-refractivity contribution is -0.984. The van der Waals surface area contributed by atoms with Crippen LogP contribution < -0.4 is 9.44 Å². The maximum atomic E-state index is 13.7. The summed E-state index contributed by atoms with van der Waals surface area (Å²) < 4.78 is 61.8. The van der Waals surface area contributed by atoms with Crippen molar-refractivity contribution < 1.29 is 36.0 Å². The molecule has 10 atom stereocenters. The van der Waals surface area contributed by atoms with E-state index in [9.17, 15) is 27.0 Å². The van der Waals surface area contributed by atoms with Crippen LogP contribution in [0.15, 0.2) is 205 Å². The van der Waals surface area contributed by atoms with E-state index in [0.717, 1.165) is 107 Å².